The van der Waals surface area contributed by atoms with Crippen molar-refractivity contribution in [2.45, 2.75) is 66.1 Å². The minimum absolute atomic E-state index is 0.352. The topological polar surface area (TPSA) is 27.6 Å². The summed E-state index contributed by atoms with van der Waals surface area (Å²) in [7, 11) is 2.17. The van der Waals surface area contributed by atoms with Crippen LogP contribution in [0.2, 0.25) is 0 Å². The van der Waals surface area contributed by atoms with Crippen molar-refractivity contribution in [2.24, 2.45) is 4.99 Å². The SMILES string of the molecule is CCC(C)N(C)CC(C)N=C(C)NC(C)C. The van der Waals surface area contributed by atoms with Gasteiger partial charge in [0, 0.05) is 18.6 Å². The number of nitrogens with zero attached hydrogens (tertiary/aromatic N) is 2. The summed E-state index contributed by atoms with van der Waals surface area (Å²) in [6.45, 7) is 14.0. The third kappa shape index (κ3) is 6.83. The molecule has 96 valence electrons. The van der Waals surface area contributed by atoms with Crippen molar-refractivity contribution < 1.29 is 0 Å². The van der Waals surface area contributed by atoms with Crippen molar-refractivity contribution >= 4 is 5.84 Å². The van der Waals surface area contributed by atoms with Gasteiger partial charge in [-0.05, 0) is 48.1 Å². The summed E-state index contributed by atoms with van der Waals surface area (Å²) in [5.41, 5.74) is 0. The van der Waals surface area contributed by atoms with Crippen LogP contribution in [-0.4, -0.2) is 42.5 Å². The van der Waals surface area contributed by atoms with Crippen molar-refractivity contribution in [3.05, 3.63) is 0 Å². The molecule has 0 aliphatic rings. The van der Waals surface area contributed by atoms with Crippen molar-refractivity contribution in [1.29, 1.82) is 0 Å². The number of hydrogen-bond donors (Lipinski definition) is 1. The van der Waals surface area contributed by atoms with Crippen molar-refractivity contribution in [3.8, 4) is 0 Å². The third-order valence-electron chi connectivity index (χ3n) is 2.81. The fraction of sp³-hybridized carbons (Fsp3) is 0.923. The first-order valence-electron chi connectivity index (χ1n) is 6.38. The number of likely N-dealkylation sites (N-methyl/N-ethyl adjacent to an activating group) is 1. The Bertz CT molecular complexity index is 211. The molecule has 0 rings (SSSR count). The van der Waals surface area contributed by atoms with Crippen LogP contribution in [0.5, 0.6) is 0 Å². The van der Waals surface area contributed by atoms with Crippen LogP contribution in [0.1, 0.15) is 48.0 Å². The monoisotopic (exact) mass is 227 g/mol. The third-order valence-corrected chi connectivity index (χ3v) is 2.81. The molecule has 0 aliphatic carbocycles. The van der Waals surface area contributed by atoms with Gasteiger partial charge in [-0.25, -0.2) is 0 Å². The fourth-order valence-electron chi connectivity index (χ4n) is 1.73. The van der Waals surface area contributed by atoms with Crippen LogP contribution in [0.3, 0.4) is 0 Å². The van der Waals surface area contributed by atoms with E-state index in [1.165, 1.54) is 6.42 Å². The Morgan fingerprint density at radius 1 is 1.25 bits per heavy atom. The van der Waals surface area contributed by atoms with Gasteiger partial charge < -0.3 is 10.2 Å². The first-order chi connectivity index (χ1) is 7.36. The molecule has 2 unspecified atom stereocenters. The van der Waals surface area contributed by atoms with Crippen LogP contribution in [0, 0.1) is 0 Å². The smallest absolute Gasteiger partial charge is 0.0937 e. The first-order valence-corrected chi connectivity index (χ1v) is 6.38. The van der Waals surface area contributed by atoms with Gasteiger partial charge in [-0.1, -0.05) is 6.92 Å². The molecule has 0 saturated carbocycles. The summed E-state index contributed by atoms with van der Waals surface area (Å²) in [6, 6.07) is 1.45. The zero-order valence-corrected chi connectivity index (χ0v) is 12.0. The predicted octanol–water partition coefficient (Wildman–Crippen LogP) is 2.52. The van der Waals surface area contributed by atoms with E-state index in [0.717, 1.165) is 12.4 Å². The maximum absolute atomic E-state index is 4.64. The van der Waals surface area contributed by atoms with E-state index in [4.69, 9.17) is 0 Å². The van der Waals surface area contributed by atoms with Gasteiger partial charge in [-0.15, -0.1) is 0 Å². The second-order valence-electron chi connectivity index (χ2n) is 5.06. The Kier molecular flexibility index (Phi) is 7.39. The average molecular weight is 227 g/mol. The Balaban J connectivity index is 4.10. The number of amidine groups is 1. The van der Waals surface area contributed by atoms with Crippen LogP contribution < -0.4 is 5.32 Å². The van der Waals surface area contributed by atoms with Gasteiger partial charge in [-0.3, -0.25) is 4.99 Å². The normalized spacial score (nSPS) is 16.7. The number of aliphatic imine (C=N–C) groups is 1. The van der Waals surface area contributed by atoms with Gasteiger partial charge in [0.15, 0.2) is 0 Å². The molecule has 3 nitrogen and oxygen atoms in total. The second kappa shape index (κ2) is 7.66. The number of rotatable bonds is 6. The highest BCUT2D eigenvalue weighted by molar-refractivity contribution is 5.79. The maximum Gasteiger partial charge on any atom is 0.0937 e. The molecule has 0 radical (unpaired) electrons. The highest BCUT2D eigenvalue weighted by atomic mass is 15.1. The van der Waals surface area contributed by atoms with Gasteiger partial charge in [-0.2, -0.15) is 0 Å². The second-order valence-corrected chi connectivity index (χ2v) is 5.06. The van der Waals surface area contributed by atoms with Crippen LogP contribution >= 0.6 is 0 Å². The van der Waals surface area contributed by atoms with Crippen LogP contribution in [-0.2, 0) is 0 Å². The summed E-state index contributed by atoms with van der Waals surface area (Å²) < 4.78 is 0. The van der Waals surface area contributed by atoms with E-state index in [1.54, 1.807) is 0 Å². The lowest BCUT2D eigenvalue weighted by Crippen LogP contribution is -2.35. The van der Waals surface area contributed by atoms with Crippen molar-refractivity contribution in [1.82, 2.24) is 10.2 Å². The molecule has 0 saturated heterocycles. The highest BCUT2D eigenvalue weighted by Crippen LogP contribution is 2.03. The Hall–Kier alpha value is -0.570. The van der Waals surface area contributed by atoms with Crippen LogP contribution in [0.25, 0.3) is 0 Å². The molecule has 3 heteroatoms. The molecule has 1 N–H and O–H groups in total. The van der Waals surface area contributed by atoms with Gasteiger partial charge >= 0.3 is 0 Å². The largest absolute Gasteiger partial charge is 0.372 e. The fourth-order valence-corrected chi connectivity index (χ4v) is 1.73. The van der Waals surface area contributed by atoms with Gasteiger partial charge in [0.2, 0.25) is 0 Å². The molecule has 0 spiro atoms. The minimum Gasteiger partial charge on any atom is -0.372 e. The lowest BCUT2D eigenvalue weighted by Gasteiger charge is -2.25. The molecule has 16 heavy (non-hydrogen) atoms. The molecule has 0 fully saturated rings. The Labute approximate surface area is 101 Å². The highest BCUT2D eigenvalue weighted by Gasteiger charge is 2.10. The van der Waals surface area contributed by atoms with E-state index in [1.807, 2.05) is 6.92 Å². The summed E-state index contributed by atoms with van der Waals surface area (Å²) in [6.07, 6.45) is 1.19. The number of hydrogen-bond acceptors (Lipinski definition) is 2. The lowest BCUT2D eigenvalue weighted by molar-refractivity contribution is 0.241. The summed E-state index contributed by atoms with van der Waals surface area (Å²) in [5.74, 6) is 1.04. The Morgan fingerprint density at radius 3 is 2.25 bits per heavy atom. The Morgan fingerprint density at radius 2 is 1.81 bits per heavy atom. The molecule has 0 heterocycles. The summed E-state index contributed by atoms with van der Waals surface area (Å²) >= 11 is 0. The van der Waals surface area contributed by atoms with Crippen molar-refractivity contribution in [3.63, 3.8) is 0 Å². The molecule has 2 atom stereocenters. The van der Waals surface area contributed by atoms with E-state index >= 15 is 0 Å². The molecule has 0 aromatic rings. The zero-order chi connectivity index (χ0) is 12.7. The van der Waals surface area contributed by atoms with Gasteiger partial charge in [0.1, 0.15) is 0 Å². The van der Waals surface area contributed by atoms with Crippen LogP contribution in [0.4, 0.5) is 0 Å². The van der Waals surface area contributed by atoms with Gasteiger partial charge in [0.05, 0.1) is 11.9 Å². The molecule has 0 amide bonds. The molecule has 0 aromatic carbocycles. The van der Waals surface area contributed by atoms with E-state index in [9.17, 15) is 0 Å². The molecular weight excluding hydrogens is 198 g/mol. The molecular formula is C13H29N3. The van der Waals surface area contributed by atoms with E-state index in [0.29, 0.717) is 18.1 Å². The van der Waals surface area contributed by atoms with E-state index in [-0.39, 0.29) is 0 Å². The molecule has 0 aromatic heterocycles. The summed E-state index contributed by atoms with van der Waals surface area (Å²) in [4.78, 5) is 7.01. The number of nitrogens with one attached hydrogen (secondary N) is 1. The molecule has 0 aliphatic heterocycles. The van der Waals surface area contributed by atoms with Crippen molar-refractivity contribution in [2.75, 3.05) is 13.6 Å². The average Bonchev–Trinajstić information content (AvgIpc) is 2.14. The minimum atomic E-state index is 0.352. The zero-order valence-electron chi connectivity index (χ0n) is 12.0. The quantitative estimate of drug-likeness (QED) is 0.558. The predicted molar refractivity (Wildman–Crippen MR) is 73.2 cm³/mol. The van der Waals surface area contributed by atoms with E-state index < -0.39 is 0 Å². The first kappa shape index (κ1) is 15.4. The standard InChI is InChI=1S/C13H29N3/c1-8-12(5)16(7)9-11(4)15-13(6)14-10(2)3/h10-12H,8-9H2,1-7H3,(H,14,15). The lowest BCUT2D eigenvalue weighted by atomic mass is 10.2. The summed E-state index contributed by atoms with van der Waals surface area (Å²) in [5, 5.41) is 3.32. The van der Waals surface area contributed by atoms with Gasteiger partial charge in [0.25, 0.3) is 0 Å². The maximum atomic E-state index is 4.64. The molecule has 0 bridgehead atoms. The van der Waals surface area contributed by atoms with E-state index in [2.05, 4.69) is 56.9 Å². The van der Waals surface area contributed by atoms with Crippen LogP contribution in [0.15, 0.2) is 4.99 Å².